The Labute approximate surface area is 105 Å². The van der Waals surface area contributed by atoms with Gasteiger partial charge in [-0.2, -0.15) is 0 Å². The number of ether oxygens (including phenoxy) is 1. The molecule has 3 unspecified atom stereocenters. The second-order valence-corrected chi connectivity index (χ2v) is 6.90. The van der Waals surface area contributed by atoms with Crippen molar-refractivity contribution in [2.75, 3.05) is 19.8 Å². The summed E-state index contributed by atoms with van der Waals surface area (Å²) in [7, 11) is 0. The van der Waals surface area contributed by atoms with E-state index in [1.54, 1.807) is 0 Å². The van der Waals surface area contributed by atoms with Crippen LogP contribution in [0.5, 0.6) is 0 Å². The maximum absolute atomic E-state index is 10.2. The molecule has 0 spiro atoms. The van der Waals surface area contributed by atoms with Crippen molar-refractivity contribution in [3.05, 3.63) is 0 Å². The quantitative estimate of drug-likeness (QED) is 0.793. The molecule has 3 nitrogen and oxygen atoms in total. The molecular weight excluding hydrogens is 214 g/mol. The highest BCUT2D eigenvalue weighted by molar-refractivity contribution is 4.91. The van der Waals surface area contributed by atoms with Crippen LogP contribution in [0.1, 0.15) is 46.5 Å². The van der Waals surface area contributed by atoms with Gasteiger partial charge in [-0.15, -0.1) is 0 Å². The maximum Gasteiger partial charge on any atom is 0.102 e. The first-order chi connectivity index (χ1) is 7.90. The summed E-state index contributed by atoms with van der Waals surface area (Å²) in [6.45, 7) is 8.92. The molecule has 0 bridgehead atoms. The highest BCUT2D eigenvalue weighted by atomic mass is 16.5. The van der Waals surface area contributed by atoms with Gasteiger partial charge in [0.1, 0.15) is 5.60 Å². The van der Waals surface area contributed by atoms with Crippen LogP contribution in [-0.4, -0.2) is 36.5 Å². The molecule has 0 aromatic carbocycles. The zero-order valence-corrected chi connectivity index (χ0v) is 11.5. The fraction of sp³-hybridized carbons (Fsp3) is 1.00. The number of nitrogens with one attached hydrogen (secondary N) is 1. The zero-order valence-electron chi connectivity index (χ0n) is 11.5. The van der Waals surface area contributed by atoms with Crippen molar-refractivity contribution < 1.29 is 9.84 Å². The molecule has 3 atom stereocenters. The molecule has 1 saturated heterocycles. The van der Waals surface area contributed by atoms with Gasteiger partial charge in [-0.1, -0.05) is 20.8 Å². The van der Waals surface area contributed by atoms with Crippen molar-refractivity contribution in [2.45, 2.75) is 58.1 Å². The number of hydrogen-bond donors (Lipinski definition) is 2. The van der Waals surface area contributed by atoms with Crippen molar-refractivity contribution in [2.24, 2.45) is 11.3 Å². The van der Waals surface area contributed by atoms with Gasteiger partial charge in [0.2, 0.25) is 0 Å². The highest BCUT2D eigenvalue weighted by Crippen LogP contribution is 2.38. The molecule has 1 saturated carbocycles. The van der Waals surface area contributed by atoms with Crippen molar-refractivity contribution in [3.63, 3.8) is 0 Å². The summed E-state index contributed by atoms with van der Waals surface area (Å²) in [5.41, 5.74) is -0.127. The van der Waals surface area contributed by atoms with Crippen molar-refractivity contribution in [1.29, 1.82) is 0 Å². The highest BCUT2D eigenvalue weighted by Gasteiger charge is 2.36. The second kappa shape index (κ2) is 4.87. The fourth-order valence-corrected chi connectivity index (χ4v) is 3.31. The van der Waals surface area contributed by atoms with Crippen LogP contribution in [-0.2, 0) is 4.74 Å². The minimum absolute atomic E-state index is 0.491. The van der Waals surface area contributed by atoms with Gasteiger partial charge in [0, 0.05) is 25.6 Å². The van der Waals surface area contributed by atoms with Crippen molar-refractivity contribution in [3.8, 4) is 0 Å². The van der Waals surface area contributed by atoms with E-state index in [0.717, 1.165) is 6.42 Å². The Morgan fingerprint density at radius 2 is 2.12 bits per heavy atom. The Hall–Kier alpha value is -0.120. The predicted octanol–water partition coefficient (Wildman–Crippen LogP) is 1.94. The summed E-state index contributed by atoms with van der Waals surface area (Å²) in [5, 5.41) is 13.8. The molecule has 2 aliphatic rings. The summed E-state index contributed by atoms with van der Waals surface area (Å²) in [6.07, 6.45) is 4.56. The molecule has 1 heterocycles. The minimum Gasteiger partial charge on any atom is -0.386 e. The summed E-state index contributed by atoms with van der Waals surface area (Å²) < 4.78 is 5.27. The van der Waals surface area contributed by atoms with Crippen molar-refractivity contribution >= 4 is 0 Å². The maximum atomic E-state index is 10.2. The summed E-state index contributed by atoms with van der Waals surface area (Å²) in [6, 6.07) is 0.563. The summed E-state index contributed by atoms with van der Waals surface area (Å²) >= 11 is 0. The van der Waals surface area contributed by atoms with Crippen LogP contribution in [0.2, 0.25) is 0 Å². The Kier molecular flexibility index (Phi) is 3.81. The molecule has 17 heavy (non-hydrogen) atoms. The van der Waals surface area contributed by atoms with Gasteiger partial charge in [-0.25, -0.2) is 0 Å². The zero-order chi connectivity index (χ0) is 12.5. The van der Waals surface area contributed by atoms with E-state index in [1.807, 2.05) is 0 Å². The van der Waals surface area contributed by atoms with Crippen LogP contribution in [0.25, 0.3) is 0 Å². The van der Waals surface area contributed by atoms with Crippen LogP contribution in [0.3, 0.4) is 0 Å². The van der Waals surface area contributed by atoms with Crippen LogP contribution < -0.4 is 5.32 Å². The predicted molar refractivity (Wildman–Crippen MR) is 69.0 cm³/mol. The topological polar surface area (TPSA) is 41.5 Å². The third-order valence-electron chi connectivity index (χ3n) is 4.47. The summed E-state index contributed by atoms with van der Waals surface area (Å²) in [4.78, 5) is 0. The average Bonchev–Trinajstić information content (AvgIpc) is 2.63. The van der Waals surface area contributed by atoms with Crippen LogP contribution in [0.15, 0.2) is 0 Å². The first-order valence-corrected chi connectivity index (χ1v) is 6.94. The molecule has 0 amide bonds. The number of aliphatic hydroxyl groups is 1. The third kappa shape index (κ3) is 3.43. The van der Waals surface area contributed by atoms with E-state index in [9.17, 15) is 5.11 Å². The Morgan fingerprint density at radius 3 is 2.71 bits per heavy atom. The first kappa shape index (κ1) is 13.3. The van der Waals surface area contributed by atoms with E-state index in [-0.39, 0.29) is 0 Å². The van der Waals surface area contributed by atoms with Gasteiger partial charge in [-0.3, -0.25) is 0 Å². The fourth-order valence-electron chi connectivity index (χ4n) is 3.31. The normalized spacial score (nSPS) is 41.6. The molecule has 0 aromatic heterocycles. The van der Waals surface area contributed by atoms with Gasteiger partial charge < -0.3 is 15.2 Å². The standard InChI is InChI=1S/C14H27NO2/c1-11-8-13(2,3)5-4-12(11)15-9-14(16)6-7-17-10-14/h11-12,15-16H,4-10H2,1-3H3. The van der Waals surface area contributed by atoms with E-state index >= 15 is 0 Å². The molecule has 0 radical (unpaired) electrons. The van der Waals surface area contributed by atoms with E-state index in [0.29, 0.717) is 37.1 Å². The van der Waals surface area contributed by atoms with Gasteiger partial charge in [-0.05, 0) is 30.6 Å². The van der Waals surface area contributed by atoms with Gasteiger partial charge >= 0.3 is 0 Å². The SMILES string of the molecule is CC1CC(C)(C)CCC1NCC1(O)CCOC1. The lowest BCUT2D eigenvalue weighted by molar-refractivity contribution is 0.0193. The van der Waals surface area contributed by atoms with Crippen LogP contribution >= 0.6 is 0 Å². The molecule has 1 aliphatic heterocycles. The van der Waals surface area contributed by atoms with Crippen molar-refractivity contribution in [1.82, 2.24) is 5.32 Å². The Balaban J connectivity index is 1.80. The molecule has 0 aromatic rings. The molecular formula is C14H27NO2. The van der Waals surface area contributed by atoms with Gasteiger partial charge in [0.25, 0.3) is 0 Å². The van der Waals surface area contributed by atoms with Crippen LogP contribution in [0.4, 0.5) is 0 Å². The average molecular weight is 241 g/mol. The lowest BCUT2D eigenvalue weighted by Gasteiger charge is -2.40. The van der Waals surface area contributed by atoms with E-state index in [2.05, 4.69) is 26.1 Å². The summed E-state index contributed by atoms with van der Waals surface area (Å²) in [5.74, 6) is 0.699. The lowest BCUT2D eigenvalue weighted by Crippen LogP contribution is -2.49. The molecule has 2 rings (SSSR count). The van der Waals surface area contributed by atoms with E-state index in [4.69, 9.17) is 4.74 Å². The largest absolute Gasteiger partial charge is 0.386 e. The first-order valence-electron chi connectivity index (χ1n) is 6.94. The van der Waals surface area contributed by atoms with E-state index in [1.165, 1.54) is 19.3 Å². The molecule has 100 valence electrons. The molecule has 2 N–H and O–H groups in total. The Morgan fingerprint density at radius 1 is 1.35 bits per heavy atom. The lowest BCUT2D eigenvalue weighted by atomic mass is 9.70. The van der Waals surface area contributed by atoms with Gasteiger partial charge in [0.15, 0.2) is 0 Å². The second-order valence-electron chi connectivity index (χ2n) is 6.90. The molecule has 1 aliphatic carbocycles. The molecule has 2 fully saturated rings. The van der Waals surface area contributed by atoms with Crippen LogP contribution in [0, 0.1) is 11.3 Å². The smallest absolute Gasteiger partial charge is 0.102 e. The van der Waals surface area contributed by atoms with E-state index < -0.39 is 5.60 Å². The van der Waals surface area contributed by atoms with Gasteiger partial charge in [0.05, 0.1) is 6.61 Å². The molecule has 3 heteroatoms. The monoisotopic (exact) mass is 241 g/mol. The number of hydrogen-bond acceptors (Lipinski definition) is 3. The third-order valence-corrected chi connectivity index (χ3v) is 4.47. The minimum atomic E-state index is -0.618. The Bertz CT molecular complexity index is 259. The number of rotatable bonds is 3.